The fraction of sp³-hybridized carbons (Fsp3) is 0.533. The molecule has 0 fully saturated rings. The highest BCUT2D eigenvalue weighted by Gasteiger charge is 2.20. The quantitative estimate of drug-likeness (QED) is 0.814. The van der Waals surface area contributed by atoms with Gasteiger partial charge >= 0.3 is 5.97 Å². The molecule has 1 atom stereocenters. The largest absolute Gasteiger partial charge is 0.480 e. The maximum absolute atomic E-state index is 11.0. The Kier molecular flexibility index (Phi) is 5.35. The van der Waals surface area contributed by atoms with Crippen LogP contribution in [-0.2, 0) is 11.3 Å². The molecule has 0 aliphatic heterocycles. The SMILES string of the molecule is CC(C)c1ccc(CN[C@H](C(=O)O)C(C)C)cc1. The van der Waals surface area contributed by atoms with E-state index in [0.717, 1.165) is 5.56 Å². The lowest BCUT2D eigenvalue weighted by Crippen LogP contribution is -2.40. The predicted octanol–water partition coefficient (Wildman–Crippen LogP) is 3.01. The lowest BCUT2D eigenvalue weighted by molar-refractivity contribution is -0.140. The highest BCUT2D eigenvalue weighted by atomic mass is 16.4. The summed E-state index contributed by atoms with van der Waals surface area (Å²) in [6, 6.07) is 7.83. The van der Waals surface area contributed by atoms with Gasteiger partial charge in [-0.25, -0.2) is 0 Å². The van der Waals surface area contributed by atoms with Gasteiger partial charge in [0.25, 0.3) is 0 Å². The van der Waals surface area contributed by atoms with Gasteiger partial charge < -0.3 is 10.4 Å². The fourth-order valence-electron chi connectivity index (χ4n) is 1.86. The second-order valence-corrected chi connectivity index (χ2v) is 5.34. The van der Waals surface area contributed by atoms with Crippen LogP contribution < -0.4 is 5.32 Å². The summed E-state index contributed by atoms with van der Waals surface area (Å²) in [5.41, 5.74) is 2.42. The topological polar surface area (TPSA) is 49.3 Å². The van der Waals surface area contributed by atoms with Crippen molar-refractivity contribution in [2.45, 2.75) is 46.2 Å². The van der Waals surface area contributed by atoms with Gasteiger partial charge in [0.2, 0.25) is 0 Å². The first-order valence-electron chi connectivity index (χ1n) is 6.46. The van der Waals surface area contributed by atoms with Crippen molar-refractivity contribution in [2.24, 2.45) is 5.92 Å². The summed E-state index contributed by atoms with van der Waals surface area (Å²) < 4.78 is 0. The molecule has 1 rings (SSSR count). The van der Waals surface area contributed by atoms with Crippen LogP contribution in [0.1, 0.15) is 44.7 Å². The predicted molar refractivity (Wildman–Crippen MR) is 73.6 cm³/mol. The second kappa shape index (κ2) is 6.55. The first-order chi connectivity index (χ1) is 8.41. The number of aliphatic carboxylic acids is 1. The third-order valence-corrected chi connectivity index (χ3v) is 3.11. The van der Waals surface area contributed by atoms with Crippen LogP contribution in [0.4, 0.5) is 0 Å². The highest BCUT2D eigenvalue weighted by Crippen LogP contribution is 2.14. The molecule has 100 valence electrons. The molecule has 0 spiro atoms. The number of benzene rings is 1. The smallest absolute Gasteiger partial charge is 0.320 e. The average molecular weight is 249 g/mol. The number of nitrogens with one attached hydrogen (secondary N) is 1. The molecule has 0 unspecified atom stereocenters. The van der Waals surface area contributed by atoms with Crippen molar-refractivity contribution in [3.63, 3.8) is 0 Å². The Labute approximate surface area is 109 Å². The molecule has 0 amide bonds. The number of carboxylic acids is 1. The summed E-state index contributed by atoms with van der Waals surface area (Å²) in [4.78, 5) is 11.0. The summed E-state index contributed by atoms with van der Waals surface area (Å²) in [5.74, 6) is -0.185. The van der Waals surface area contributed by atoms with Crippen LogP contribution in [-0.4, -0.2) is 17.1 Å². The Morgan fingerprint density at radius 3 is 2.11 bits per heavy atom. The van der Waals surface area contributed by atoms with Crippen molar-refractivity contribution < 1.29 is 9.90 Å². The standard InChI is InChI=1S/C15H23NO2/c1-10(2)13-7-5-12(6-8-13)9-16-14(11(3)4)15(17)18/h5-8,10-11,14,16H,9H2,1-4H3,(H,17,18)/t14-/m0/s1. The Balaban J connectivity index is 2.60. The summed E-state index contributed by atoms with van der Waals surface area (Å²) in [5, 5.41) is 12.2. The molecule has 0 aliphatic rings. The van der Waals surface area contributed by atoms with Crippen LogP contribution in [0, 0.1) is 5.92 Å². The van der Waals surface area contributed by atoms with Crippen LogP contribution in [0.25, 0.3) is 0 Å². The lowest BCUT2D eigenvalue weighted by atomic mass is 10.0. The van der Waals surface area contributed by atoms with Gasteiger partial charge in [0.05, 0.1) is 0 Å². The Bertz CT molecular complexity index is 382. The minimum Gasteiger partial charge on any atom is -0.480 e. The van der Waals surface area contributed by atoms with Gasteiger partial charge in [-0.1, -0.05) is 52.0 Å². The van der Waals surface area contributed by atoms with E-state index < -0.39 is 12.0 Å². The van der Waals surface area contributed by atoms with E-state index in [-0.39, 0.29) is 5.92 Å². The number of hydrogen-bond donors (Lipinski definition) is 2. The van der Waals surface area contributed by atoms with Gasteiger partial charge in [0, 0.05) is 6.54 Å². The molecule has 0 bridgehead atoms. The molecule has 3 nitrogen and oxygen atoms in total. The number of hydrogen-bond acceptors (Lipinski definition) is 2. The lowest BCUT2D eigenvalue weighted by Gasteiger charge is -2.18. The Morgan fingerprint density at radius 2 is 1.72 bits per heavy atom. The fourth-order valence-corrected chi connectivity index (χ4v) is 1.86. The molecule has 0 radical (unpaired) electrons. The van der Waals surface area contributed by atoms with E-state index in [2.05, 4.69) is 43.4 Å². The van der Waals surface area contributed by atoms with Gasteiger partial charge in [-0.05, 0) is 23.0 Å². The van der Waals surface area contributed by atoms with Gasteiger partial charge in [0.15, 0.2) is 0 Å². The number of carboxylic acid groups (broad SMARTS) is 1. The monoisotopic (exact) mass is 249 g/mol. The van der Waals surface area contributed by atoms with Crippen LogP contribution >= 0.6 is 0 Å². The van der Waals surface area contributed by atoms with Crippen LogP contribution in [0.15, 0.2) is 24.3 Å². The van der Waals surface area contributed by atoms with Crippen LogP contribution in [0.2, 0.25) is 0 Å². The van der Waals surface area contributed by atoms with Crippen molar-refractivity contribution in [3.8, 4) is 0 Å². The minimum absolute atomic E-state index is 0.0810. The normalized spacial score (nSPS) is 13.0. The average Bonchev–Trinajstić information content (AvgIpc) is 2.28. The molecule has 1 aromatic carbocycles. The molecular formula is C15H23NO2. The third-order valence-electron chi connectivity index (χ3n) is 3.11. The van der Waals surface area contributed by atoms with Crippen LogP contribution in [0.5, 0.6) is 0 Å². The Hall–Kier alpha value is -1.35. The highest BCUT2D eigenvalue weighted by molar-refractivity contribution is 5.73. The Morgan fingerprint density at radius 1 is 1.17 bits per heavy atom. The van der Waals surface area contributed by atoms with E-state index >= 15 is 0 Å². The molecule has 3 heteroatoms. The molecule has 2 N–H and O–H groups in total. The summed E-state index contributed by atoms with van der Waals surface area (Å²) >= 11 is 0. The first-order valence-corrected chi connectivity index (χ1v) is 6.46. The molecular weight excluding hydrogens is 226 g/mol. The molecule has 0 saturated heterocycles. The summed E-state index contributed by atoms with van der Waals surface area (Å²) in [7, 11) is 0. The van der Waals surface area contributed by atoms with Crippen molar-refractivity contribution in [2.75, 3.05) is 0 Å². The van der Waals surface area contributed by atoms with Gasteiger partial charge in [0.1, 0.15) is 6.04 Å². The zero-order valence-corrected chi connectivity index (χ0v) is 11.6. The van der Waals surface area contributed by atoms with E-state index in [1.54, 1.807) is 0 Å². The van der Waals surface area contributed by atoms with Crippen molar-refractivity contribution in [3.05, 3.63) is 35.4 Å². The molecule has 0 aromatic heterocycles. The van der Waals surface area contributed by atoms with E-state index in [9.17, 15) is 4.79 Å². The summed E-state index contributed by atoms with van der Waals surface area (Å²) in [6.07, 6.45) is 0. The van der Waals surface area contributed by atoms with E-state index in [1.807, 2.05) is 13.8 Å². The molecule has 18 heavy (non-hydrogen) atoms. The molecule has 1 aromatic rings. The summed E-state index contributed by atoms with van der Waals surface area (Å²) in [6.45, 7) is 8.73. The zero-order chi connectivity index (χ0) is 13.7. The second-order valence-electron chi connectivity index (χ2n) is 5.34. The van der Waals surface area contributed by atoms with Gasteiger partial charge in [-0.15, -0.1) is 0 Å². The maximum Gasteiger partial charge on any atom is 0.320 e. The van der Waals surface area contributed by atoms with Crippen molar-refractivity contribution >= 4 is 5.97 Å². The van der Waals surface area contributed by atoms with E-state index in [1.165, 1.54) is 5.56 Å². The third kappa shape index (κ3) is 4.15. The number of rotatable bonds is 6. The minimum atomic E-state index is -0.788. The maximum atomic E-state index is 11.0. The molecule has 0 heterocycles. The van der Waals surface area contributed by atoms with Gasteiger partial charge in [-0.2, -0.15) is 0 Å². The van der Waals surface area contributed by atoms with Crippen molar-refractivity contribution in [1.82, 2.24) is 5.32 Å². The molecule has 0 saturated carbocycles. The van der Waals surface area contributed by atoms with Crippen LogP contribution in [0.3, 0.4) is 0 Å². The van der Waals surface area contributed by atoms with E-state index in [0.29, 0.717) is 12.5 Å². The van der Waals surface area contributed by atoms with Crippen molar-refractivity contribution in [1.29, 1.82) is 0 Å². The van der Waals surface area contributed by atoms with E-state index in [4.69, 9.17) is 5.11 Å². The first kappa shape index (κ1) is 14.7. The zero-order valence-electron chi connectivity index (χ0n) is 11.6. The number of carbonyl (C=O) groups is 1. The van der Waals surface area contributed by atoms with Gasteiger partial charge in [-0.3, -0.25) is 4.79 Å². The molecule has 0 aliphatic carbocycles.